The lowest BCUT2D eigenvalue weighted by molar-refractivity contribution is 0.0789. The van der Waals surface area contributed by atoms with Crippen molar-refractivity contribution < 1.29 is 5.21 Å². The molecule has 0 bridgehead atoms. The van der Waals surface area contributed by atoms with Gasteiger partial charge in [-0.3, -0.25) is 0 Å². The van der Waals surface area contributed by atoms with E-state index in [1.165, 1.54) is 0 Å². The lowest BCUT2D eigenvalue weighted by Gasteiger charge is -1.94. The van der Waals surface area contributed by atoms with Gasteiger partial charge in [-0.05, 0) is 0 Å². The summed E-state index contributed by atoms with van der Waals surface area (Å²) in [7, 11) is 0. The smallest absolute Gasteiger partial charge is 0.0635 e. The number of hydroxylamine groups is 1. The largest absolute Gasteiger partial charge is 0.329 e. The lowest BCUT2D eigenvalue weighted by Crippen LogP contribution is -2.22. The molecule has 0 saturated carbocycles. The van der Waals surface area contributed by atoms with E-state index in [-0.39, 0.29) is 0 Å². The molecule has 13 heavy (non-hydrogen) atoms. The Bertz CT molecular complexity index is 112. The molecule has 6 nitrogen and oxygen atoms in total. The van der Waals surface area contributed by atoms with Crippen molar-refractivity contribution in [3.05, 3.63) is 0 Å². The van der Waals surface area contributed by atoms with E-state index in [2.05, 4.69) is 5.32 Å². The van der Waals surface area contributed by atoms with E-state index in [0.717, 1.165) is 13.1 Å². The molecule has 0 heterocycles. The minimum Gasteiger partial charge on any atom is -0.329 e. The highest BCUT2D eigenvalue weighted by molar-refractivity contribution is 4.69. The monoisotopic (exact) mass is 188 g/mol. The molecule has 0 aromatic rings. The van der Waals surface area contributed by atoms with Gasteiger partial charge in [0, 0.05) is 39.1 Å². The highest BCUT2D eigenvalue weighted by Crippen LogP contribution is 1.66. The summed E-state index contributed by atoms with van der Waals surface area (Å²) in [4.78, 5) is 0. The maximum absolute atomic E-state index is 9.20. The second-order valence-corrected chi connectivity index (χ2v) is 2.13. The molecule has 0 atom stereocenters. The summed E-state index contributed by atoms with van der Waals surface area (Å²) in [5.41, 5.74) is 11.7. The number of nitrogens with one attached hydrogen (secondary N) is 2. The van der Waals surface area contributed by atoms with Crippen molar-refractivity contribution >= 4 is 0 Å². The molecule has 6 N–H and O–H groups in total. The minimum absolute atomic E-state index is 0.361. The first kappa shape index (κ1) is 14.8. The molecular formula is C7H18N5O. The molecule has 0 rings (SSSR count). The molecule has 0 saturated heterocycles. The van der Waals surface area contributed by atoms with Gasteiger partial charge in [0.1, 0.15) is 0 Å². The molecule has 0 spiro atoms. The summed E-state index contributed by atoms with van der Waals surface area (Å²) in [6.45, 7) is 2.99. The first-order valence-electron chi connectivity index (χ1n) is 4.16. The average molecular weight is 188 g/mol. The second-order valence-electron chi connectivity index (χ2n) is 2.13. The van der Waals surface area contributed by atoms with Crippen molar-refractivity contribution in [2.24, 2.45) is 11.5 Å². The van der Waals surface area contributed by atoms with E-state index < -0.39 is 0 Å². The molecule has 77 valence electrons. The van der Waals surface area contributed by atoms with Gasteiger partial charge in [0.15, 0.2) is 0 Å². The van der Waals surface area contributed by atoms with Crippen LogP contribution < -0.4 is 22.3 Å². The van der Waals surface area contributed by atoms with Crippen molar-refractivity contribution in [3.63, 3.8) is 0 Å². The van der Waals surface area contributed by atoms with E-state index in [0.29, 0.717) is 26.1 Å². The molecule has 6 heteroatoms. The lowest BCUT2D eigenvalue weighted by atomic mass is 10.4. The quantitative estimate of drug-likeness (QED) is 0.293. The molecule has 1 radical (unpaired) electrons. The molecule has 0 fully saturated rings. The highest BCUT2D eigenvalue weighted by atomic mass is 16.5. The maximum atomic E-state index is 9.20. The third-order valence-electron chi connectivity index (χ3n) is 0.981. The third-order valence-corrected chi connectivity index (χ3v) is 0.981. The van der Waals surface area contributed by atoms with E-state index >= 15 is 0 Å². The van der Waals surface area contributed by atoms with E-state index in [9.17, 15) is 5.21 Å². The van der Waals surface area contributed by atoms with Gasteiger partial charge < -0.3 is 16.8 Å². The third kappa shape index (κ3) is 24.6. The summed E-state index contributed by atoms with van der Waals surface area (Å²) in [6.07, 6.45) is 0.569. The van der Waals surface area contributed by atoms with Crippen molar-refractivity contribution in [3.8, 4) is 6.07 Å². The highest BCUT2D eigenvalue weighted by Gasteiger charge is 1.80. The van der Waals surface area contributed by atoms with Gasteiger partial charge in [-0.2, -0.15) is 10.7 Å². The zero-order chi connectivity index (χ0) is 10.4. The van der Waals surface area contributed by atoms with Crippen LogP contribution >= 0.6 is 0 Å². The Labute approximate surface area is 78.9 Å². The number of hydrogen-bond acceptors (Lipinski definition) is 5. The van der Waals surface area contributed by atoms with E-state index in [1.54, 1.807) is 5.48 Å². The Hall–Kier alpha value is -0.710. The summed E-state index contributed by atoms with van der Waals surface area (Å²) >= 11 is 0. The van der Waals surface area contributed by atoms with Gasteiger partial charge in [-0.1, -0.05) is 0 Å². The van der Waals surface area contributed by atoms with E-state index in [1.807, 2.05) is 6.07 Å². The van der Waals surface area contributed by atoms with Crippen LogP contribution in [-0.4, -0.2) is 32.7 Å². The fraction of sp³-hybridized carbons (Fsp3) is 0.857. The van der Waals surface area contributed by atoms with Crippen LogP contribution in [0.25, 0.3) is 0 Å². The van der Waals surface area contributed by atoms with Gasteiger partial charge in [-0.25, -0.2) is 0 Å². The summed E-state index contributed by atoms with van der Waals surface area (Å²) in [5, 5.41) is 20.2. The summed E-state index contributed by atoms with van der Waals surface area (Å²) in [6, 6.07) is 2.02. The first-order chi connectivity index (χ1) is 6.33. The number of nitriles is 1. The van der Waals surface area contributed by atoms with Crippen LogP contribution in [0.15, 0.2) is 0 Å². The van der Waals surface area contributed by atoms with Crippen LogP contribution in [-0.2, 0) is 5.21 Å². The number of nitrogens with two attached hydrogens (primary N) is 2. The zero-order valence-electron chi connectivity index (χ0n) is 7.75. The predicted molar refractivity (Wildman–Crippen MR) is 49.9 cm³/mol. The molecule has 0 aliphatic rings. The Morgan fingerprint density at radius 2 is 1.77 bits per heavy atom. The summed E-state index contributed by atoms with van der Waals surface area (Å²) in [5.74, 6) is 0. The molecule has 0 amide bonds. The molecule has 0 aromatic carbocycles. The van der Waals surface area contributed by atoms with Crippen LogP contribution in [0.1, 0.15) is 6.42 Å². The topological polar surface area (TPSA) is 120 Å². The van der Waals surface area contributed by atoms with Gasteiger partial charge >= 0.3 is 0 Å². The van der Waals surface area contributed by atoms with E-state index in [4.69, 9.17) is 16.7 Å². The average Bonchev–Trinajstić information content (AvgIpc) is 2.15. The standard InChI is InChI=1S/C5H11N3.C2H7N2O/c6-2-1-4-8-5-3-7;3-1-2-4-5/h8H,1,3-5,7H2;4H,1-3H2. The number of rotatable bonds is 6. The number of hydrogen-bond donors (Lipinski definition) is 4. The van der Waals surface area contributed by atoms with Gasteiger partial charge in [0.25, 0.3) is 0 Å². The molecule has 0 aliphatic carbocycles. The van der Waals surface area contributed by atoms with Gasteiger partial charge in [0.05, 0.1) is 6.07 Å². The van der Waals surface area contributed by atoms with Crippen LogP contribution in [0.3, 0.4) is 0 Å². The van der Waals surface area contributed by atoms with Crippen molar-refractivity contribution in [1.82, 2.24) is 10.8 Å². The predicted octanol–water partition coefficient (Wildman–Crippen LogP) is -1.67. The Morgan fingerprint density at radius 3 is 2.08 bits per heavy atom. The SMILES string of the molecule is N#CCCNCCN.NCCN[O]. The van der Waals surface area contributed by atoms with Crippen LogP contribution in [0.5, 0.6) is 0 Å². The Kier molecular flexibility index (Phi) is 19.8. The fourth-order valence-electron chi connectivity index (χ4n) is 0.430. The molecule has 0 unspecified atom stereocenters. The van der Waals surface area contributed by atoms with Crippen molar-refractivity contribution in [2.45, 2.75) is 6.42 Å². The second kappa shape index (κ2) is 17.4. The Morgan fingerprint density at radius 1 is 1.15 bits per heavy atom. The van der Waals surface area contributed by atoms with Crippen molar-refractivity contribution in [1.29, 1.82) is 5.26 Å². The van der Waals surface area contributed by atoms with Crippen LogP contribution in [0.4, 0.5) is 0 Å². The fourth-order valence-corrected chi connectivity index (χ4v) is 0.430. The van der Waals surface area contributed by atoms with Gasteiger partial charge in [0.2, 0.25) is 0 Å². The molecule has 0 aliphatic heterocycles. The Balaban J connectivity index is 0. The minimum atomic E-state index is 0.361. The summed E-state index contributed by atoms with van der Waals surface area (Å²) < 4.78 is 0. The molecule has 0 aromatic heterocycles. The first-order valence-corrected chi connectivity index (χ1v) is 4.16. The normalized spacial score (nSPS) is 8.46. The van der Waals surface area contributed by atoms with Crippen molar-refractivity contribution in [2.75, 3.05) is 32.7 Å². The van der Waals surface area contributed by atoms with Gasteiger partial charge in [-0.15, -0.1) is 5.21 Å². The van der Waals surface area contributed by atoms with Crippen LogP contribution in [0, 0.1) is 11.3 Å². The van der Waals surface area contributed by atoms with Crippen LogP contribution in [0.2, 0.25) is 0 Å². The zero-order valence-corrected chi connectivity index (χ0v) is 7.75. The number of nitrogens with zero attached hydrogens (tertiary/aromatic N) is 1. The molecular weight excluding hydrogens is 170 g/mol. The maximum Gasteiger partial charge on any atom is 0.0635 e.